The summed E-state index contributed by atoms with van der Waals surface area (Å²) < 4.78 is 2.23. The van der Waals surface area contributed by atoms with Gasteiger partial charge in [0.15, 0.2) is 5.11 Å². The number of amides is 1. The fourth-order valence-corrected chi connectivity index (χ4v) is 4.54. The molecule has 1 amide bonds. The fraction of sp³-hybridized carbons (Fsp3) is 0.370. The van der Waals surface area contributed by atoms with E-state index in [0.717, 1.165) is 28.2 Å². The summed E-state index contributed by atoms with van der Waals surface area (Å²) in [5.41, 5.74) is 4.86. The first-order valence-electron chi connectivity index (χ1n) is 11.7. The van der Waals surface area contributed by atoms with Crippen molar-refractivity contribution in [3.8, 4) is 0 Å². The topological polar surface area (TPSA) is 62.2 Å². The number of hydrogen-bond acceptors (Lipinski definition) is 3. The number of rotatable bonds is 5. The first-order chi connectivity index (χ1) is 16.1. The van der Waals surface area contributed by atoms with Crippen LogP contribution in [0.2, 0.25) is 0 Å². The molecule has 0 spiro atoms. The van der Waals surface area contributed by atoms with E-state index in [0.29, 0.717) is 5.11 Å². The van der Waals surface area contributed by atoms with E-state index in [1.165, 1.54) is 0 Å². The molecule has 0 radical (unpaired) electrons. The number of aryl methyl sites for hydroxylation is 1. The summed E-state index contributed by atoms with van der Waals surface area (Å²) >= 11 is 5.85. The Balaban J connectivity index is 1.75. The van der Waals surface area contributed by atoms with Gasteiger partial charge in [-0.05, 0) is 87.4 Å². The lowest BCUT2D eigenvalue weighted by atomic mass is 9.98. The number of carbonyl (C=O) groups excluding carboxylic acids is 1. The van der Waals surface area contributed by atoms with Gasteiger partial charge in [-0.2, -0.15) is 0 Å². The van der Waals surface area contributed by atoms with Gasteiger partial charge < -0.3 is 20.1 Å². The highest BCUT2D eigenvalue weighted by atomic mass is 32.1. The van der Waals surface area contributed by atoms with Crippen molar-refractivity contribution in [2.45, 2.75) is 59.2 Å². The Bertz CT molecular complexity index is 1200. The lowest BCUT2D eigenvalue weighted by Crippen LogP contribution is -2.29. The minimum atomic E-state index is -0.0925. The number of aromatic nitrogens is 2. The molecule has 0 unspecified atom stereocenters. The molecule has 3 heterocycles. The third-order valence-corrected chi connectivity index (χ3v) is 6.51. The maximum atomic E-state index is 12.2. The minimum Gasteiger partial charge on any atom is -0.351 e. The third kappa shape index (κ3) is 4.71. The number of hydrogen-bond donors (Lipinski definition) is 2. The lowest BCUT2D eigenvalue weighted by Gasteiger charge is -2.28. The standard InChI is InChI=1S/C27H33N5OS/c1-17(2)25(33)29-21-11-10-20(15-18(21)3)32-24(19-12-14-31(16-19)27(4,5)6)23(30-26(32)34)22-9-7-8-13-28-22/h7-17,23-24H,1-6H3,(H,29,33)(H,30,34)/t23-,24-/m1/s1. The van der Waals surface area contributed by atoms with E-state index < -0.39 is 0 Å². The van der Waals surface area contributed by atoms with Crippen LogP contribution in [0.15, 0.2) is 61.1 Å². The van der Waals surface area contributed by atoms with Gasteiger partial charge in [-0.25, -0.2) is 0 Å². The van der Waals surface area contributed by atoms with Crippen molar-refractivity contribution < 1.29 is 4.79 Å². The van der Waals surface area contributed by atoms with Crippen LogP contribution in [-0.4, -0.2) is 20.6 Å². The van der Waals surface area contributed by atoms with Gasteiger partial charge in [-0.15, -0.1) is 0 Å². The van der Waals surface area contributed by atoms with Crippen LogP contribution in [-0.2, 0) is 10.3 Å². The molecule has 1 aliphatic heterocycles. The van der Waals surface area contributed by atoms with E-state index in [1.54, 1.807) is 0 Å². The molecule has 6 nitrogen and oxygen atoms in total. The monoisotopic (exact) mass is 475 g/mol. The van der Waals surface area contributed by atoms with Crippen LogP contribution in [0.1, 0.15) is 63.5 Å². The molecule has 1 aliphatic rings. The van der Waals surface area contributed by atoms with Crippen molar-refractivity contribution in [1.82, 2.24) is 14.9 Å². The van der Waals surface area contributed by atoms with Crippen LogP contribution in [0.4, 0.5) is 11.4 Å². The van der Waals surface area contributed by atoms with Crippen molar-refractivity contribution >= 4 is 34.6 Å². The molecule has 3 aromatic rings. The molecule has 2 atom stereocenters. The predicted molar refractivity (Wildman–Crippen MR) is 142 cm³/mol. The van der Waals surface area contributed by atoms with Crippen LogP contribution in [0, 0.1) is 12.8 Å². The van der Waals surface area contributed by atoms with E-state index in [2.05, 4.69) is 70.4 Å². The Kier molecular flexibility index (Phi) is 6.49. The summed E-state index contributed by atoms with van der Waals surface area (Å²) in [5, 5.41) is 7.18. The SMILES string of the molecule is Cc1cc(N2C(=S)N[C@H](c3ccccn3)[C@H]2c2ccn(C(C)(C)C)c2)ccc1NC(=O)C(C)C. The average molecular weight is 476 g/mol. The van der Waals surface area contributed by atoms with E-state index in [4.69, 9.17) is 12.2 Å². The van der Waals surface area contributed by atoms with Crippen molar-refractivity contribution in [1.29, 1.82) is 0 Å². The minimum absolute atomic E-state index is 0.00539. The summed E-state index contributed by atoms with van der Waals surface area (Å²) in [4.78, 5) is 19.0. The number of nitrogens with one attached hydrogen (secondary N) is 2. The van der Waals surface area contributed by atoms with Crippen molar-refractivity contribution in [3.05, 3.63) is 77.9 Å². The van der Waals surface area contributed by atoms with Gasteiger partial charge in [0.1, 0.15) is 0 Å². The maximum Gasteiger partial charge on any atom is 0.226 e. The van der Waals surface area contributed by atoms with Gasteiger partial charge in [0.05, 0.1) is 17.8 Å². The normalized spacial score (nSPS) is 18.3. The van der Waals surface area contributed by atoms with E-state index in [9.17, 15) is 4.79 Å². The van der Waals surface area contributed by atoms with Crippen LogP contribution in [0.3, 0.4) is 0 Å². The van der Waals surface area contributed by atoms with Gasteiger partial charge in [0.2, 0.25) is 5.91 Å². The molecule has 0 saturated carbocycles. The quantitative estimate of drug-likeness (QED) is 0.462. The second-order valence-electron chi connectivity index (χ2n) is 10.2. The molecule has 34 heavy (non-hydrogen) atoms. The zero-order valence-corrected chi connectivity index (χ0v) is 21.5. The molecule has 4 rings (SSSR count). The van der Waals surface area contributed by atoms with E-state index >= 15 is 0 Å². The maximum absolute atomic E-state index is 12.2. The Labute approximate surface area is 207 Å². The van der Waals surface area contributed by atoms with Crippen LogP contribution in [0.25, 0.3) is 0 Å². The van der Waals surface area contributed by atoms with Crippen LogP contribution in [0.5, 0.6) is 0 Å². The Hall–Kier alpha value is -3.19. The molecule has 1 saturated heterocycles. The summed E-state index contributed by atoms with van der Waals surface area (Å²) in [6, 6.07) is 14.0. The molecule has 0 aliphatic carbocycles. The summed E-state index contributed by atoms with van der Waals surface area (Å²) in [7, 11) is 0. The van der Waals surface area contributed by atoms with E-state index in [-0.39, 0.29) is 29.4 Å². The summed E-state index contributed by atoms with van der Waals surface area (Å²) in [5.74, 6) is -0.0735. The second-order valence-corrected chi connectivity index (χ2v) is 10.5. The zero-order valence-electron chi connectivity index (χ0n) is 20.7. The smallest absolute Gasteiger partial charge is 0.226 e. The lowest BCUT2D eigenvalue weighted by molar-refractivity contribution is -0.118. The highest BCUT2D eigenvalue weighted by Gasteiger charge is 2.41. The largest absolute Gasteiger partial charge is 0.351 e. The van der Waals surface area contributed by atoms with Gasteiger partial charge in [0.25, 0.3) is 0 Å². The highest BCUT2D eigenvalue weighted by molar-refractivity contribution is 7.80. The second kappa shape index (κ2) is 9.22. The summed E-state index contributed by atoms with van der Waals surface area (Å²) in [6.45, 7) is 12.4. The fourth-order valence-electron chi connectivity index (χ4n) is 4.19. The van der Waals surface area contributed by atoms with Gasteiger partial charge in [-0.1, -0.05) is 19.9 Å². The van der Waals surface area contributed by atoms with Crippen molar-refractivity contribution in [3.63, 3.8) is 0 Å². The molecular weight excluding hydrogens is 442 g/mol. The molecule has 7 heteroatoms. The molecule has 2 aromatic heterocycles. The third-order valence-electron chi connectivity index (χ3n) is 6.20. The van der Waals surface area contributed by atoms with Crippen molar-refractivity contribution in [2.75, 3.05) is 10.2 Å². The number of carbonyl (C=O) groups is 1. The van der Waals surface area contributed by atoms with Gasteiger partial charge in [0, 0.05) is 41.4 Å². The first-order valence-corrected chi connectivity index (χ1v) is 12.1. The molecule has 1 fully saturated rings. The Morgan fingerprint density at radius 2 is 1.94 bits per heavy atom. The predicted octanol–water partition coefficient (Wildman–Crippen LogP) is 5.72. The summed E-state index contributed by atoms with van der Waals surface area (Å²) in [6.07, 6.45) is 6.14. The van der Waals surface area contributed by atoms with Crippen LogP contribution >= 0.6 is 12.2 Å². The number of benzene rings is 1. The highest BCUT2D eigenvalue weighted by Crippen LogP contribution is 2.42. The van der Waals surface area contributed by atoms with Crippen LogP contribution < -0.4 is 15.5 Å². The number of anilines is 2. The van der Waals surface area contributed by atoms with E-state index in [1.807, 2.05) is 57.3 Å². The molecule has 1 aromatic carbocycles. The number of thiocarbonyl (C=S) groups is 1. The molecule has 2 N–H and O–H groups in total. The molecular formula is C27H33N5OS. The molecule has 0 bridgehead atoms. The first kappa shape index (κ1) is 24.0. The van der Waals surface area contributed by atoms with Gasteiger partial charge in [-0.3, -0.25) is 9.78 Å². The number of nitrogens with zero attached hydrogens (tertiary/aromatic N) is 3. The Morgan fingerprint density at radius 1 is 1.18 bits per heavy atom. The van der Waals surface area contributed by atoms with Crippen molar-refractivity contribution in [2.24, 2.45) is 5.92 Å². The number of pyridine rings is 1. The Morgan fingerprint density at radius 3 is 2.53 bits per heavy atom. The zero-order chi connectivity index (χ0) is 24.6. The molecule has 178 valence electrons. The average Bonchev–Trinajstić information content (AvgIpc) is 3.40. The van der Waals surface area contributed by atoms with Gasteiger partial charge >= 0.3 is 0 Å².